The van der Waals surface area contributed by atoms with Crippen molar-refractivity contribution in [3.63, 3.8) is 0 Å². The molecule has 1 aromatic carbocycles. The molecule has 39 heavy (non-hydrogen) atoms. The van der Waals surface area contributed by atoms with E-state index >= 15 is 0 Å². The molecule has 0 aliphatic carbocycles. The minimum atomic E-state index is -1.08. The number of hydrogen-bond donors (Lipinski definition) is 5. The first-order chi connectivity index (χ1) is 18.6. The molecule has 1 atom stereocenters. The van der Waals surface area contributed by atoms with E-state index in [0.717, 1.165) is 22.4 Å². The van der Waals surface area contributed by atoms with E-state index in [0.29, 0.717) is 31.6 Å². The molecule has 208 valence electrons. The van der Waals surface area contributed by atoms with Gasteiger partial charge in [-0.2, -0.15) is 0 Å². The second-order valence-electron chi connectivity index (χ2n) is 9.91. The minimum Gasteiger partial charge on any atom is -0.410 e. The summed E-state index contributed by atoms with van der Waals surface area (Å²) in [7, 11) is 3.15. The number of ether oxygens (including phenoxy) is 1. The van der Waals surface area contributed by atoms with Crippen LogP contribution in [0.5, 0.6) is 5.75 Å². The number of aryl methyl sites for hydroxylation is 1. The Kier molecular flexibility index (Phi) is 8.31. The molecule has 1 saturated heterocycles. The lowest BCUT2D eigenvalue weighted by atomic mass is 9.77. The van der Waals surface area contributed by atoms with Crippen molar-refractivity contribution in [1.29, 1.82) is 0 Å². The van der Waals surface area contributed by atoms with Crippen molar-refractivity contribution in [1.82, 2.24) is 25.2 Å². The van der Waals surface area contributed by atoms with Crippen LogP contribution in [0.3, 0.4) is 0 Å². The Morgan fingerprint density at radius 3 is 2.69 bits per heavy atom. The lowest BCUT2D eigenvalue weighted by Gasteiger charge is -2.41. The first-order valence-electron chi connectivity index (χ1n) is 12.6. The molecule has 3 amide bonds. The number of rotatable bonds is 8. The number of carbonyl (C=O) groups is 3. The predicted octanol–water partition coefficient (Wildman–Crippen LogP) is 0.988. The van der Waals surface area contributed by atoms with Crippen molar-refractivity contribution < 1.29 is 24.2 Å². The largest absolute Gasteiger partial charge is 0.414 e. The molecule has 0 saturated carbocycles. The van der Waals surface area contributed by atoms with Crippen molar-refractivity contribution >= 4 is 40.4 Å². The molecule has 0 radical (unpaired) electrons. The van der Waals surface area contributed by atoms with Gasteiger partial charge in [0.15, 0.2) is 0 Å². The van der Waals surface area contributed by atoms with Gasteiger partial charge in [0, 0.05) is 51.7 Å². The van der Waals surface area contributed by atoms with Crippen molar-refractivity contribution in [2.75, 3.05) is 50.6 Å². The number of aromatic amines is 1. The maximum Gasteiger partial charge on any atom is 0.414 e. The molecule has 1 fully saturated rings. The zero-order valence-electron chi connectivity index (χ0n) is 22.2. The topological polar surface area (TPSA) is 179 Å². The number of aromatic nitrogens is 3. The molecule has 13 heteroatoms. The number of hydrogen-bond acceptors (Lipinski definition) is 9. The van der Waals surface area contributed by atoms with E-state index < -0.39 is 30.1 Å². The maximum absolute atomic E-state index is 13.7. The highest BCUT2D eigenvalue weighted by molar-refractivity contribution is 5.97. The summed E-state index contributed by atoms with van der Waals surface area (Å²) in [6, 6.07) is 5.46. The molecule has 1 aliphatic rings. The van der Waals surface area contributed by atoms with Crippen molar-refractivity contribution in [2.45, 2.75) is 25.8 Å². The summed E-state index contributed by atoms with van der Waals surface area (Å²) in [6.45, 7) is 2.53. The number of nitrogens with zero attached hydrogens (tertiary/aromatic N) is 4. The van der Waals surface area contributed by atoms with Crippen LogP contribution in [0.4, 0.5) is 16.3 Å². The summed E-state index contributed by atoms with van der Waals surface area (Å²) < 4.78 is 5.31. The molecule has 13 nitrogen and oxygen atoms in total. The number of aliphatic hydroxyl groups is 1. The molecule has 1 aliphatic heterocycles. The van der Waals surface area contributed by atoms with Gasteiger partial charge in [0.05, 0.1) is 17.4 Å². The maximum atomic E-state index is 13.7. The van der Waals surface area contributed by atoms with Crippen LogP contribution in [-0.2, 0) is 9.59 Å². The number of fused-ring (bicyclic) bond motifs is 1. The van der Waals surface area contributed by atoms with E-state index in [2.05, 4.69) is 30.5 Å². The average Bonchev–Trinajstić information content (AvgIpc) is 3.32. The van der Waals surface area contributed by atoms with Gasteiger partial charge in [-0.1, -0.05) is 6.07 Å². The first kappa shape index (κ1) is 27.8. The van der Waals surface area contributed by atoms with Crippen molar-refractivity contribution in [3.05, 3.63) is 42.4 Å². The van der Waals surface area contributed by atoms with E-state index in [-0.39, 0.29) is 18.2 Å². The van der Waals surface area contributed by atoms with Gasteiger partial charge in [0.25, 0.3) is 0 Å². The third-order valence-electron chi connectivity index (χ3n) is 6.95. The number of aliphatic hydroxyl groups excluding tert-OH is 1. The lowest BCUT2D eigenvalue weighted by molar-refractivity contribution is -0.128. The third kappa shape index (κ3) is 6.10. The zero-order valence-corrected chi connectivity index (χ0v) is 22.2. The molecular weight excluding hydrogens is 504 g/mol. The van der Waals surface area contributed by atoms with E-state index in [4.69, 9.17) is 10.5 Å². The van der Waals surface area contributed by atoms with Crippen LogP contribution in [0.2, 0.25) is 0 Å². The van der Waals surface area contributed by atoms with Gasteiger partial charge < -0.3 is 41.0 Å². The van der Waals surface area contributed by atoms with Crippen molar-refractivity contribution in [2.24, 2.45) is 11.1 Å². The number of carbonyl (C=O) groups excluding carboxylic acids is 3. The molecule has 3 aromatic rings. The second kappa shape index (κ2) is 11.7. The number of nitrogens with two attached hydrogens (primary N) is 1. The molecule has 6 N–H and O–H groups in total. The van der Waals surface area contributed by atoms with Crippen LogP contribution in [-0.4, -0.2) is 89.2 Å². The lowest BCUT2D eigenvalue weighted by Crippen LogP contribution is -2.54. The van der Waals surface area contributed by atoms with Crippen LogP contribution >= 0.6 is 0 Å². The van der Waals surface area contributed by atoms with Gasteiger partial charge in [0.1, 0.15) is 29.6 Å². The van der Waals surface area contributed by atoms with Crippen LogP contribution in [0.1, 0.15) is 18.4 Å². The van der Waals surface area contributed by atoms with Gasteiger partial charge in [-0.25, -0.2) is 14.8 Å². The normalized spacial score (nSPS) is 15.5. The predicted molar refractivity (Wildman–Crippen MR) is 145 cm³/mol. The zero-order chi connectivity index (χ0) is 28.2. The fraction of sp³-hybridized carbons (Fsp3) is 0.423. The molecule has 4 rings (SSSR count). The van der Waals surface area contributed by atoms with Gasteiger partial charge in [-0.15, -0.1) is 0 Å². The van der Waals surface area contributed by atoms with E-state index in [1.54, 1.807) is 38.4 Å². The number of anilines is 2. The molecular formula is C26H34N8O5. The molecule has 0 spiro atoms. The summed E-state index contributed by atoms with van der Waals surface area (Å²) in [4.78, 5) is 53.4. The number of benzene rings is 1. The SMILES string of the molecule is Cc1c[nH]c2ncnc(N3CCC(CNC(=O)[C@@H](N)CO)(C(=O)Nc4cccc(OC(=O)N(C)C)c4)CC3)c12. The van der Waals surface area contributed by atoms with Crippen LogP contribution in [0.15, 0.2) is 36.8 Å². The Labute approximate surface area is 225 Å². The van der Waals surface area contributed by atoms with Crippen LogP contribution in [0.25, 0.3) is 11.0 Å². The quantitative estimate of drug-likeness (QED) is 0.280. The Balaban J connectivity index is 1.54. The highest BCUT2D eigenvalue weighted by Crippen LogP contribution is 2.36. The van der Waals surface area contributed by atoms with Crippen LogP contribution < -0.4 is 26.0 Å². The molecule has 3 heterocycles. The smallest absolute Gasteiger partial charge is 0.410 e. The Morgan fingerprint density at radius 2 is 2.00 bits per heavy atom. The molecule has 2 aromatic heterocycles. The Morgan fingerprint density at radius 1 is 1.26 bits per heavy atom. The monoisotopic (exact) mass is 538 g/mol. The van der Waals surface area contributed by atoms with Crippen LogP contribution in [0, 0.1) is 12.3 Å². The van der Waals surface area contributed by atoms with Gasteiger partial charge in [-0.3, -0.25) is 9.59 Å². The van der Waals surface area contributed by atoms with Gasteiger partial charge >= 0.3 is 6.09 Å². The summed E-state index contributed by atoms with van der Waals surface area (Å²) in [5, 5.41) is 15.9. The third-order valence-corrected chi connectivity index (χ3v) is 6.95. The highest BCUT2D eigenvalue weighted by atomic mass is 16.6. The Hall–Kier alpha value is -4.23. The fourth-order valence-corrected chi connectivity index (χ4v) is 4.53. The molecule has 0 unspecified atom stereocenters. The summed E-state index contributed by atoms with van der Waals surface area (Å²) >= 11 is 0. The number of amides is 3. The highest BCUT2D eigenvalue weighted by Gasteiger charge is 2.42. The fourth-order valence-electron chi connectivity index (χ4n) is 4.53. The standard InChI is InChI=1S/C26H34N8O5/c1-16-12-28-21-20(16)22(31-15-30-21)34-9-7-26(8-10-34,14-29-23(36)19(27)13-35)24(37)32-17-5-4-6-18(11-17)39-25(38)33(2)3/h4-6,11-12,15,19,35H,7-10,13-14,27H2,1-3H3,(H,29,36)(H,32,37)(H,28,30,31)/t19-/m0/s1. The summed E-state index contributed by atoms with van der Waals surface area (Å²) in [6.07, 6.45) is 3.68. The summed E-state index contributed by atoms with van der Waals surface area (Å²) in [5.41, 5.74) is 6.93. The minimum absolute atomic E-state index is 0.0386. The van der Waals surface area contributed by atoms with Gasteiger partial charge in [0.2, 0.25) is 11.8 Å². The van der Waals surface area contributed by atoms with E-state index in [1.165, 1.54) is 11.2 Å². The average molecular weight is 539 g/mol. The number of H-pyrrole nitrogens is 1. The number of piperidine rings is 1. The van der Waals surface area contributed by atoms with E-state index in [1.807, 2.05) is 13.1 Å². The van der Waals surface area contributed by atoms with E-state index in [9.17, 15) is 19.5 Å². The molecule has 0 bridgehead atoms. The summed E-state index contributed by atoms with van der Waals surface area (Å²) in [5.74, 6) is 0.244. The Bertz CT molecular complexity index is 1350. The number of nitrogens with one attached hydrogen (secondary N) is 3. The van der Waals surface area contributed by atoms with Gasteiger partial charge in [-0.05, 0) is 37.5 Å². The first-order valence-corrected chi connectivity index (χ1v) is 12.6. The van der Waals surface area contributed by atoms with Crippen molar-refractivity contribution in [3.8, 4) is 5.75 Å². The second-order valence-corrected chi connectivity index (χ2v) is 9.91.